The van der Waals surface area contributed by atoms with Gasteiger partial charge in [-0.3, -0.25) is 4.79 Å². The Hall–Kier alpha value is -0.450. The van der Waals surface area contributed by atoms with Crippen LogP contribution in [0.1, 0.15) is 17.0 Å². The van der Waals surface area contributed by atoms with E-state index in [0.717, 1.165) is 0 Å². The summed E-state index contributed by atoms with van der Waals surface area (Å²) in [5.74, 6) is -0.230. The highest BCUT2D eigenvalue weighted by Gasteiger charge is 2.08. The number of hydrogen-bond acceptors (Lipinski definition) is 4. The van der Waals surface area contributed by atoms with Crippen LogP contribution in [0.5, 0.6) is 0 Å². The Balaban J connectivity index is 0.000000279. The quantitative estimate of drug-likeness (QED) is 0.114. The zero-order valence-electron chi connectivity index (χ0n) is 16.2. The van der Waals surface area contributed by atoms with E-state index in [2.05, 4.69) is 57.2 Å². The molecule has 0 saturated heterocycles. The topological polar surface area (TPSA) is 71.5 Å². The molecule has 0 unspecified atom stereocenters. The van der Waals surface area contributed by atoms with Crippen LogP contribution in [0, 0.1) is 32.4 Å². The molecule has 0 bridgehead atoms. The minimum absolute atomic E-state index is 0. The minimum atomic E-state index is -0.411. The van der Waals surface area contributed by atoms with Gasteiger partial charge in [-0.05, 0) is 67.8 Å². The van der Waals surface area contributed by atoms with E-state index in [9.17, 15) is 13.6 Å². The Morgan fingerprint density at radius 1 is 0.839 bits per heavy atom. The van der Waals surface area contributed by atoms with E-state index in [1.807, 2.05) is 0 Å². The summed E-state index contributed by atoms with van der Waals surface area (Å²) in [4.78, 5) is 25.8. The molecule has 5 nitrogen and oxygen atoms in total. The van der Waals surface area contributed by atoms with Crippen LogP contribution in [0.3, 0.4) is 0 Å². The van der Waals surface area contributed by atoms with E-state index >= 15 is 0 Å². The molecular weight excluding hydrogens is 790 g/mol. The van der Waals surface area contributed by atoms with Gasteiger partial charge in [0.1, 0.15) is 22.6 Å². The van der Waals surface area contributed by atoms with Crippen LogP contribution in [-0.4, -0.2) is 19.9 Å². The molecule has 0 fully saturated rings. The highest BCUT2D eigenvalue weighted by Crippen LogP contribution is 2.25. The Morgan fingerprint density at radius 3 is 1.87 bits per heavy atom. The lowest BCUT2D eigenvalue weighted by Gasteiger charge is -2.03. The lowest BCUT2D eigenvalue weighted by atomic mass is 10.1. The summed E-state index contributed by atoms with van der Waals surface area (Å²) in [5, 5.41) is 1.02. The van der Waals surface area contributed by atoms with Gasteiger partial charge in [-0.25, -0.2) is 23.7 Å². The third-order valence-electron chi connectivity index (χ3n) is 3.97. The van der Waals surface area contributed by atoms with Crippen molar-refractivity contribution in [3.8, 4) is 0 Å². The molecule has 4 rings (SSSR count). The van der Waals surface area contributed by atoms with E-state index in [1.165, 1.54) is 24.3 Å². The number of nitrogens with zero attached hydrogens (tertiary/aromatic N) is 3. The maximum atomic E-state index is 13.0. The van der Waals surface area contributed by atoms with E-state index < -0.39 is 5.82 Å². The molecular formula is C19H15Cl2F2I3N4O. The number of aromatic nitrogens is 4. The zero-order valence-corrected chi connectivity index (χ0v) is 24.4. The molecule has 0 amide bonds. The van der Waals surface area contributed by atoms with Crippen molar-refractivity contribution < 1.29 is 8.78 Å². The lowest BCUT2D eigenvalue weighted by Crippen LogP contribution is -2.10. The number of halogens is 7. The van der Waals surface area contributed by atoms with Gasteiger partial charge in [0.2, 0.25) is 5.28 Å². The van der Waals surface area contributed by atoms with Crippen molar-refractivity contribution in [1.29, 1.82) is 0 Å². The van der Waals surface area contributed by atoms with Gasteiger partial charge in [-0.15, -0.1) is 24.0 Å². The Labute approximate surface area is 227 Å². The van der Waals surface area contributed by atoms with Gasteiger partial charge in [0.15, 0.2) is 0 Å². The fraction of sp³-hybridized carbons (Fsp3) is 0.158. The predicted molar refractivity (Wildman–Crippen MR) is 150 cm³/mol. The molecule has 0 spiro atoms. The number of fused-ring (bicyclic) bond motifs is 2. The molecule has 4 aromatic rings. The maximum absolute atomic E-state index is 13.0. The molecule has 1 N–H and O–H groups in total. The van der Waals surface area contributed by atoms with Crippen molar-refractivity contribution in [3.63, 3.8) is 0 Å². The average Bonchev–Trinajstić information content (AvgIpc) is 2.66. The summed E-state index contributed by atoms with van der Waals surface area (Å²) in [7, 11) is 0. The first-order chi connectivity index (χ1) is 14.2. The van der Waals surface area contributed by atoms with Gasteiger partial charge in [0, 0.05) is 42.6 Å². The summed E-state index contributed by atoms with van der Waals surface area (Å²) in [6.07, 6.45) is 0. The maximum Gasteiger partial charge on any atom is 0.258 e. The third-order valence-corrected chi connectivity index (χ3v) is 4.42. The highest BCUT2D eigenvalue weighted by molar-refractivity contribution is 15.0. The number of hydrogen-bond donors (Lipinski definition) is 1. The van der Waals surface area contributed by atoms with Crippen LogP contribution in [0.4, 0.5) is 8.78 Å². The van der Waals surface area contributed by atoms with Gasteiger partial charge in [0.25, 0.3) is 5.56 Å². The number of aryl methyl sites for hydroxylation is 3. The predicted octanol–water partition coefficient (Wildman–Crippen LogP) is 7.45. The van der Waals surface area contributed by atoms with E-state index in [-0.39, 0.29) is 45.8 Å². The van der Waals surface area contributed by atoms with E-state index in [0.29, 0.717) is 38.8 Å². The van der Waals surface area contributed by atoms with Crippen LogP contribution in [0.25, 0.3) is 21.8 Å². The second-order valence-electron chi connectivity index (χ2n) is 6.17. The molecule has 2 aromatic carbocycles. The molecule has 0 aliphatic heterocycles. The first kappa shape index (κ1) is 28.6. The van der Waals surface area contributed by atoms with Crippen molar-refractivity contribution in [2.45, 2.75) is 20.8 Å². The molecule has 0 radical (unpaired) electrons. The highest BCUT2D eigenvalue weighted by atomic mass is 128. The Kier molecular flexibility index (Phi) is 11.7. The minimum Gasteiger partial charge on any atom is -0.310 e. The van der Waals surface area contributed by atoms with Crippen molar-refractivity contribution in [1.82, 2.24) is 19.9 Å². The summed E-state index contributed by atoms with van der Waals surface area (Å²) in [5.41, 5.74) is 2.21. The van der Waals surface area contributed by atoms with Crippen LogP contribution in [0.15, 0.2) is 29.1 Å². The Bertz CT molecular complexity index is 1240. The number of nitrogens with one attached hydrogen (secondary N) is 1. The van der Waals surface area contributed by atoms with Gasteiger partial charge in [-0.2, -0.15) is 0 Å². The second-order valence-corrected chi connectivity index (χ2v) is 6.87. The van der Waals surface area contributed by atoms with Crippen molar-refractivity contribution in [3.05, 3.63) is 73.6 Å². The largest absolute Gasteiger partial charge is 0.310 e. The first-order valence-corrected chi connectivity index (χ1v) is 15.3. The Morgan fingerprint density at radius 2 is 1.32 bits per heavy atom. The fourth-order valence-electron chi connectivity index (χ4n) is 2.78. The number of H-pyrrole nitrogens is 1. The summed E-state index contributed by atoms with van der Waals surface area (Å²) in [6, 6.07) is 5.24. The first-order valence-electron chi connectivity index (χ1n) is 8.25. The average molecular weight is 805 g/mol. The smallest absolute Gasteiger partial charge is 0.258 e. The summed E-state index contributed by atoms with van der Waals surface area (Å²) < 4.78 is 26.0. The van der Waals surface area contributed by atoms with Gasteiger partial charge >= 0.3 is 0 Å². The number of rotatable bonds is 0. The van der Waals surface area contributed by atoms with Gasteiger partial charge < -0.3 is 4.98 Å². The van der Waals surface area contributed by atoms with Crippen LogP contribution in [-0.2, 0) is 0 Å². The van der Waals surface area contributed by atoms with Crippen molar-refractivity contribution in [2.75, 3.05) is 0 Å². The summed E-state index contributed by atoms with van der Waals surface area (Å²) >= 11 is 15.7. The standard InChI is InChI=1S/C10H9FN2O.C9H5Cl2FN2.I2.HI/c1-5-3-7(11)4-8-9(5)12-6(2)13-10(8)14;1-4-2-5(12)3-6-7(4)13-9(11)14-8(6)10;1-2;/h3-4H,1-2H3,(H,12,13,14);2-3H,1H3;;1H. The van der Waals surface area contributed by atoms with E-state index in [1.54, 1.807) is 20.8 Å². The van der Waals surface area contributed by atoms with Crippen LogP contribution < -0.4 is 5.56 Å². The molecule has 166 valence electrons. The fourth-order valence-corrected chi connectivity index (χ4v) is 3.22. The lowest BCUT2D eigenvalue weighted by molar-refractivity contribution is 0.628. The molecule has 0 aliphatic carbocycles. The van der Waals surface area contributed by atoms with E-state index in [4.69, 9.17) is 23.2 Å². The monoisotopic (exact) mass is 804 g/mol. The molecule has 0 saturated carbocycles. The molecule has 2 aromatic heterocycles. The summed E-state index contributed by atoms with van der Waals surface area (Å²) in [6.45, 7) is 5.17. The molecule has 12 heteroatoms. The zero-order chi connectivity index (χ0) is 22.6. The molecule has 0 aliphatic rings. The number of benzene rings is 2. The number of aromatic amines is 1. The van der Waals surface area contributed by atoms with Gasteiger partial charge in [-0.1, -0.05) is 11.6 Å². The van der Waals surface area contributed by atoms with Crippen molar-refractivity contribution in [2.24, 2.45) is 0 Å². The molecule has 2 heterocycles. The van der Waals surface area contributed by atoms with Crippen LogP contribution >= 0.6 is 84.4 Å². The third kappa shape index (κ3) is 7.27. The second kappa shape index (κ2) is 12.7. The van der Waals surface area contributed by atoms with Gasteiger partial charge in [0.05, 0.1) is 16.4 Å². The molecule has 31 heavy (non-hydrogen) atoms. The van der Waals surface area contributed by atoms with Crippen LogP contribution in [0.2, 0.25) is 10.4 Å². The molecule has 0 atom stereocenters. The van der Waals surface area contributed by atoms with Crippen molar-refractivity contribution >= 4 is 106 Å². The normalized spacial score (nSPS) is 9.97. The SMILES string of the molecule is Cc1cc(F)cc2c(Cl)nc(Cl)nc12.Cc1nc2c(C)cc(F)cc2c(=O)[nH]1.I.II.